The lowest BCUT2D eigenvalue weighted by molar-refractivity contribution is -0.359. The highest BCUT2D eigenvalue weighted by atomic mass is 16.7. The van der Waals surface area contributed by atoms with Crippen molar-refractivity contribution in [3.63, 3.8) is 0 Å². The van der Waals surface area contributed by atoms with Gasteiger partial charge in [-0.2, -0.15) is 0 Å². The van der Waals surface area contributed by atoms with Gasteiger partial charge in [-0.3, -0.25) is 4.79 Å². The fourth-order valence-corrected chi connectivity index (χ4v) is 11.6. The summed E-state index contributed by atoms with van der Waals surface area (Å²) in [5, 5.41) is 87.0. The summed E-state index contributed by atoms with van der Waals surface area (Å²) >= 11 is 0. The zero-order valence-corrected chi connectivity index (χ0v) is 52.5. The Morgan fingerprint density at radius 2 is 0.780 bits per heavy atom. The monoisotopic (exact) mass is 1170 g/mol. The van der Waals surface area contributed by atoms with E-state index in [1.807, 2.05) is 6.08 Å². The second kappa shape index (κ2) is 53.7. The van der Waals surface area contributed by atoms with E-state index in [4.69, 9.17) is 18.9 Å². The van der Waals surface area contributed by atoms with Crippen molar-refractivity contribution in [3.8, 4) is 0 Å². The van der Waals surface area contributed by atoms with Crippen LogP contribution in [0, 0.1) is 0 Å². The van der Waals surface area contributed by atoms with Crippen molar-refractivity contribution in [1.29, 1.82) is 0 Å². The lowest BCUT2D eigenvalue weighted by Gasteiger charge is -2.46. The molecular weight excluding hydrogens is 1040 g/mol. The standard InChI is InChI=1S/C68H129NO13/c1-3-5-7-9-11-13-15-16-17-18-19-20-21-22-23-24-25-26-27-28-29-30-31-32-33-34-35-36-37-38-39-40-42-44-46-48-50-52-60(73)69-56(57(72)51-49-47-45-43-41-14-12-10-8-6-4-2)55-79-67-65(78)63(76)66(59(54-71)81-67)82-68-64(77)62(75)61(74)58(53-70)80-68/h41,43,49,51,56-59,61-68,70-72,74-78H,3-40,42,44-48,50,52-55H2,1-2H3,(H,69,73)/b43-41+,51-49+. The third kappa shape index (κ3) is 37.9. The van der Waals surface area contributed by atoms with Crippen LogP contribution in [0.1, 0.15) is 309 Å². The highest BCUT2D eigenvalue weighted by Crippen LogP contribution is 2.30. The summed E-state index contributed by atoms with van der Waals surface area (Å²) in [5.41, 5.74) is 0. The van der Waals surface area contributed by atoms with Crippen molar-refractivity contribution in [3.05, 3.63) is 24.3 Å². The van der Waals surface area contributed by atoms with Crippen LogP contribution in [0.5, 0.6) is 0 Å². The van der Waals surface area contributed by atoms with Crippen molar-refractivity contribution in [2.45, 2.75) is 383 Å². The number of rotatable bonds is 57. The summed E-state index contributed by atoms with van der Waals surface area (Å²) in [7, 11) is 0. The number of hydrogen-bond donors (Lipinski definition) is 9. The van der Waals surface area contributed by atoms with Crippen LogP contribution in [-0.2, 0) is 23.7 Å². The van der Waals surface area contributed by atoms with Crippen LogP contribution in [0.3, 0.4) is 0 Å². The minimum atomic E-state index is -1.79. The minimum absolute atomic E-state index is 0.245. The quantitative estimate of drug-likeness (QED) is 0.0204. The van der Waals surface area contributed by atoms with E-state index in [2.05, 4.69) is 31.3 Å². The molecule has 2 rings (SSSR count). The number of amides is 1. The van der Waals surface area contributed by atoms with Crippen LogP contribution < -0.4 is 5.32 Å². The molecule has 0 aromatic heterocycles. The number of carbonyl (C=O) groups is 1. The van der Waals surface area contributed by atoms with Crippen LogP contribution in [0.4, 0.5) is 0 Å². The predicted octanol–water partition coefficient (Wildman–Crippen LogP) is 13.6. The largest absolute Gasteiger partial charge is 0.394 e. The summed E-state index contributed by atoms with van der Waals surface area (Å²) in [6.07, 6.45) is 50.1. The third-order valence-electron chi connectivity index (χ3n) is 17.1. The molecule has 0 saturated carbocycles. The highest BCUT2D eigenvalue weighted by molar-refractivity contribution is 5.76. The molecule has 2 aliphatic heterocycles. The Balaban J connectivity index is 1.54. The van der Waals surface area contributed by atoms with Gasteiger partial charge in [0.25, 0.3) is 0 Å². The second-order valence-electron chi connectivity index (χ2n) is 24.7. The lowest BCUT2D eigenvalue weighted by atomic mass is 9.97. The molecule has 14 nitrogen and oxygen atoms in total. The van der Waals surface area contributed by atoms with Gasteiger partial charge in [-0.1, -0.05) is 295 Å². The normalized spacial score (nSPS) is 24.0. The van der Waals surface area contributed by atoms with Crippen LogP contribution in [0.2, 0.25) is 0 Å². The van der Waals surface area contributed by atoms with Crippen molar-refractivity contribution < 1.29 is 64.6 Å². The molecule has 2 saturated heterocycles. The second-order valence-corrected chi connectivity index (χ2v) is 24.7. The smallest absolute Gasteiger partial charge is 0.220 e. The summed E-state index contributed by atoms with van der Waals surface area (Å²) in [6.45, 7) is 2.78. The molecule has 484 valence electrons. The first-order valence-electron chi connectivity index (χ1n) is 34.6. The first-order valence-corrected chi connectivity index (χ1v) is 34.6. The van der Waals surface area contributed by atoms with Crippen molar-refractivity contribution in [1.82, 2.24) is 5.32 Å². The van der Waals surface area contributed by atoms with Gasteiger partial charge in [0.2, 0.25) is 5.91 Å². The topological polar surface area (TPSA) is 228 Å². The summed E-state index contributed by atoms with van der Waals surface area (Å²) < 4.78 is 22.7. The van der Waals surface area contributed by atoms with E-state index in [9.17, 15) is 45.6 Å². The van der Waals surface area contributed by atoms with Gasteiger partial charge < -0.3 is 65.1 Å². The van der Waals surface area contributed by atoms with Gasteiger partial charge in [0, 0.05) is 6.42 Å². The first-order chi connectivity index (χ1) is 40.1. The van der Waals surface area contributed by atoms with E-state index in [0.29, 0.717) is 12.8 Å². The van der Waals surface area contributed by atoms with E-state index in [1.165, 1.54) is 244 Å². The third-order valence-corrected chi connectivity index (χ3v) is 17.1. The molecule has 0 aliphatic carbocycles. The molecule has 0 radical (unpaired) electrons. The van der Waals surface area contributed by atoms with E-state index < -0.39 is 86.8 Å². The minimum Gasteiger partial charge on any atom is -0.394 e. The van der Waals surface area contributed by atoms with Crippen LogP contribution in [-0.4, -0.2) is 140 Å². The molecule has 12 atom stereocenters. The van der Waals surface area contributed by atoms with E-state index in [1.54, 1.807) is 6.08 Å². The molecule has 12 unspecified atom stereocenters. The maximum absolute atomic E-state index is 13.3. The van der Waals surface area contributed by atoms with Crippen LogP contribution in [0.15, 0.2) is 24.3 Å². The fraction of sp³-hybridized carbons (Fsp3) is 0.926. The number of ether oxygens (including phenoxy) is 4. The molecule has 14 heteroatoms. The van der Waals surface area contributed by atoms with Gasteiger partial charge in [-0.05, 0) is 32.1 Å². The molecular formula is C68H129NO13. The highest BCUT2D eigenvalue weighted by Gasteiger charge is 2.51. The average Bonchev–Trinajstić information content (AvgIpc) is 3.62. The number of nitrogens with one attached hydrogen (secondary N) is 1. The number of hydrogen-bond acceptors (Lipinski definition) is 13. The summed E-state index contributed by atoms with van der Waals surface area (Å²) in [6, 6.07) is -0.927. The Hall–Kier alpha value is -1.53. The van der Waals surface area contributed by atoms with E-state index in [0.717, 1.165) is 32.1 Å². The summed E-state index contributed by atoms with van der Waals surface area (Å²) in [5.74, 6) is -0.245. The number of unbranched alkanes of at least 4 members (excludes halogenated alkanes) is 42. The number of aliphatic hydroxyl groups is 8. The molecule has 2 heterocycles. The molecule has 1 amide bonds. The average molecular weight is 1170 g/mol. The zero-order valence-electron chi connectivity index (χ0n) is 52.5. The van der Waals surface area contributed by atoms with Crippen molar-refractivity contribution >= 4 is 5.91 Å². The van der Waals surface area contributed by atoms with Gasteiger partial charge in [-0.15, -0.1) is 0 Å². The molecule has 82 heavy (non-hydrogen) atoms. The molecule has 2 fully saturated rings. The Morgan fingerprint density at radius 1 is 0.427 bits per heavy atom. The Kier molecular flexibility index (Phi) is 50.1. The number of aliphatic hydroxyl groups excluding tert-OH is 8. The lowest BCUT2D eigenvalue weighted by Crippen LogP contribution is -2.65. The van der Waals surface area contributed by atoms with Gasteiger partial charge in [-0.25, -0.2) is 0 Å². The molecule has 0 bridgehead atoms. The molecule has 0 aromatic carbocycles. The SMILES string of the molecule is CCCCCCC/C=C/CC/C=C/C(O)C(COC1OC(CO)C(OC2OC(CO)C(O)C(O)C2O)C(O)C1O)NC(=O)CCCCCCCCCCCCCCCCCCCCCCCCCCCCCCCCCCCCCCC. The maximum Gasteiger partial charge on any atom is 0.220 e. The van der Waals surface area contributed by atoms with Gasteiger partial charge in [0.05, 0.1) is 32.0 Å². The Bertz CT molecular complexity index is 1470. The van der Waals surface area contributed by atoms with Crippen molar-refractivity contribution in [2.24, 2.45) is 0 Å². The molecule has 2 aliphatic rings. The predicted molar refractivity (Wildman–Crippen MR) is 332 cm³/mol. The molecule has 0 spiro atoms. The van der Waals surface area contributed by atoms with E-state index in [-0.39, 0.29) is 18.9 Å². The fourth-order valence-electron chi connectivity index (χ4n) is 11.6. The number of carbonyl (C=O) groups excluding carboxylic acids is 1. The molecule has 9 N–H and O–H groups in total. The Labute approximate surface area is 500 Å². The van der Waals surface area contributed by atoms with Crippen LogP contribution >= 0.6 is 0 Å². The van der Waals surface area contributed by atoms with Crippen LogP contribution in [0.25, 0.3) is 0 Å². The van der Waals surface area contributed by atoms with Gasteiger partial charge in [0.15, 0.2) is 12.6 Å². The maximum atomic E-state index is 13.3. The van der Waals surface area contributed by atoms with Gasteiger partial charge in [0.1, 0.15) is 48.8 Å². The zero-order chi connectivity index (χ0) is 59.5. The Morgan fingerprint density at radius 3 is 1.20 bits per heavy atom. The van der Waals surface area contributed by atoms with Crippen molar-refractivity contribution in [2.75, 3.05) is 19.8 Å². The summed E-state index contributed by atoms with van der Waals surface area (Å²) in [4.78, 5) is 13.3. The number of allylic oxidation sites excluding steroid dienone is 3. The van der Waals surface area contributed by atoms with Gasteiger partial charge >= 0.3 is 0 Å². The first kappa shape index (κ1) is 76.6. The van der Waals surface area contributed by atoms with E-state index >= 15 is 0 Å². The molecule has 0 aromatic rings.